The van der Waals surface area contributed by atoms with Crippen LogP contribution in [0.2, 0.25) is 0 Å². The van der Waals surface area contributed by atoms with Crippen LogP contribution in [0.15, 0.2) is 0 Å². The fraction of sp³-hybridized carbons (Fsp3) is 0.929. The molecule has 4 heteroatoms. The minimum absolute atomic E-state index is 0.344. The molecule has 0 aliphatic heterocycles. The van der Waals surface area contributed by atoms with Gasteiger partial charge >= 0.3 is 11.9 Å². The Morgan fingerprint density at radius 1 is 0.375 bits per heavy atom. The van der Waals surface area contributed by atoms with Crippen LogP contribution in [-0.2, 0) is 9.59 Å². The molecule has 0 saturated heterocycles. The van der Waals surface area contributed by atoms with Gasteiger partial charge in [-0.05, 0) is 12.8 Å². The molecule has 0 aliphatic rings. The lowest BCUT2D eigenvalue weighted by molar-refractivity contribution is -0.138. The first-order valence-electron chi connectivity index (χ1n) is 14.0. The molecule has 0 rings (SSSR count). The second-order valence-electron chi connectivity index (χ2n) is 9.36. The molecule has 0 atom stereocenters. The van der Waals surface area contributed by atoms with Crippen molar-refractivity contribution in [2.75, 3.05) is 0 Å². The summed E-state index contributed by atoms with van der Waals surface area (Å²) in [7, 11) is 0. The Morgan fingerprint density at radius 3 is 0.750 bits per heavy atom. The van der Waals surface area contributed by atoms with Crippen LogP contribution in [0.1, 0.15) is 168 Å². The number of aliphatic carboxylic acids is 2. The van der Waals surface area contributed by atoms with Gasteiger partial charge in [0, 0.05) is 12.8 Å². The highest BCUT2D eigenvalue weighted by Gasteiger charge is 1.97. The van der Waals surface area contributed by atoms with Crippen molar-refractivity contribution in [3.8, 4) is 0 Å². The average molecular weight is 457 g/mol. The van der Waals surface area contributed by atoms with E-state index in [1.54, 1.807) is 0 Å². The highest BCUT2D eigenvalue weighted by atomic mass is 16.4. The van der Waals surface area contributed by atoms with Crippen molar-refractivity contribution >= 4 is 11.9 Å². The van der Waals surface area contributed by atoms with Gasteiger partial charge in [-0.3, -0.25) is 9.59 Å². The molecule has 2 N–H and O–H groups in total. The van der Waals surface area contributed by atoms with Crippen molar-refractivity contribution in [2.45, 2.75) is 168 Å². The smallest absolute Gasteiger partial charge is 0.303 e. The Balaban J connectivity index is 0. The van der Waals surface area contributed by atoms with Crippen LogP contribution in [0.25, 0.3) is 0 Å². The van der Waals surface area contributed by atoms with E-state index in [9.17, 15) is 9.59 Å². The molecule has 192 valence electrons. The summed E-state index contributed by atoms with van der Waals surface area (Å²) in [5.74, 6) is -1.31. The Kier molecular flexibility index (Phi) is 31.0. The zero-order chi connectivity index (χ0) is 24.1. The molecule has 0 radical (unpaired) electrons. The average Bonchev–Trinajstić information content (AvgIpc) is 2.76. The van der Waals surface area contributed by atoms with Crippen LogP contribution >= 0.6 is 0 Å². The van der Waals surface area contributed by atoms with E-state index in [1.165, 1.54) is 116 Å². The van der Waals surface area contributed by atoms with Gasteiger partial charge in [0.2, 0.25) is 0 Å². The molecule has 32 heavy (non-hydrogen) atoms. The number of carboxylic acid groups (broad SMARTS) is 2. The Labute approximate surface area is 200 Å². The molecule has 0 aromatic carbocycles. The largest absolute Gasteiger partial charge is 0.481 e. The van der Waals surface area contributed by atoms with E-state index in [4.69, 9.17) is 10.2 Å². The first-order chi connectivity index (χ1) is 15.5. The van der Waals surface area contributed by atoms with Gasteiger partial charge in [0.05, 0.1) is 0 Å². The predicted molar refractivity (Wildman–Crippen MR) is 137 cm³/mol. The molecule has 0 unspecified atom stereocenters. The van der Waals surface area contributed by atoms with E-state index < -0.39 is 11.9 Å². The molecule has 0 aromatic rings. The number of rotatable bonds is 24. The molecule has 0 aromatic heterocycles. The summed E-state index contributed by atoms with van der Waals surface area (Å²) < 4.78 is 0. The van der Waals surface area contributed by atoms with E-state index in [0.29, 0.717) is 12.8 Å². The lowest BCUT2D eigenvalue weighted by atomic mass is 10.0. The quantitative estimate of drug-likeness (QED) is 0.142. The molecule has 0 fully saturated rings. The lowest BCUT2D eigenvalue weighted by Crippen LogP contribution is -1.93. The Bertz CT molecular complexity index is 382. The summed E-state index contributed by atoms with van der Waals surface area (Å²) in [6.45, 7) is 4.49. The zero-order valence-electron chi connectivity index (χ0n) is 21.7. The molecule has 0 spiro atoms. The third-order valence-electron chi connectivity index (χ3n) is 5.99. The second kappa shape index (κ2) is 29.9. The zero-order valence-corrected chi connectivity index (χ0v) is 21.7. The van der Waals surface area contributed by atoms with Crippen LogP contribution in [0.3, 0.4) is 0 Å². The van der Waals surface area contributed by atoms with Crippen LogP contribution in [-0.4, -0.2) is 22.2 Å². The SMILES string of the molecule is CCCCCCCCCCCCC(=O)O.CCCCCCCCCCCCCCC(=O)O. The summed E-state index contributed by atoms with van der Waals surface area (Å²) in [5.41, 5.74) is 0. The predicted octanol–water partition coefficient (Wildman–Crippen LogP) is 9.54. The molecular weight excluding hydrogens is 400 g/mol. The minimum Gasteiger partial charge on any atom is -0.481 e. The summed E-state index contributed by atoms with van der Waals surface area (Å²) in [5, 5.41) is 16.9. The van der Waals surface area contributed by atoms with E-state index >= 15 is 0 Å². The van der Waals surface area contributed by atoms with Crippen molar-refractivity contribution in [1.29, 1.82) is 0 Å². The standard InChI is InChI=1S/C15H30O2.C13H26O2/c1-2-3-4-5-6-7-8-9-10-11-12-13-14-15(16)17;1-2-3-4-5-6-7-8-9-10-11-12-13(14)15/h2-14H2,1H3,(H,16,17);2-12H2,1H3,(H,14,15). The van der Waals surface area contributed by atoms with Gasteiger partial charge in [0.25, 0.3) is 0 Å². The maximum atomic E-state index is 10.3. The van der Waals surface area contributed by atoms with Gasteiger partial charge in [0.1, 0.15) is 0 Å². The molecule has 0 saturated carbocycles. The minimum atomic E-state index is -0.658. The molecule has 0 heterocycles. The normalized spacial score (nSPS) is 10.6. The fourth-order valence-corrected chi connectivity index (χ4v) is 3.88. The molecule has 0 aliphatic carbocycles. The molecule has 0 amide bonds. The van der Waals surface area contributed by atoms with Gasteiger partial charge in [-0.25, -0.2) is 0 Å². The maximum absolute atomic E-state index is 10.3. The third kappa shape index (κ3) is 36.3. The summed E-state index contributed by atoms with van der Waals surface area (Å²) in [6, 6.07) is 0. The number of hydrogen-bond donors (Lipinski definition) is 2. The van der Waals surface area contributed by atoms with Gasteiger partial charge < -0.3 is 10.2 Å². The highest BCUT2D eigenvalue weighted by molar-refractivity contribution is 5.66. The summed E-state index contributed by atoms with van der Waals surface area (Å²) in [6.07, 6.45) is 28.7. The van der Waals surface area contributed by atoms with Crippen molar-refractivity contribution in [3.63, 3.8) is 0 Å². The van der Waals surface area contributed by atoms with Gasteiger partial charge in [-0.15, -0.1) is 0 Å². The summed E-state index contributed by atoms with van der Waals surface area (Å²) in [4.78, 5) is 20.5. The third-order valence-corrected chi connectivity index (χ3v) is 5.99. The van der Waals surface area contributed by atoms with Gasteiger partial charge in [-0.1, -0.05) is 142 Å². The van der Waals surface area contributed by atoms with Gasteiger partial charge in [0.15, 0.2) is 0 Å². The van der Waals surface area contributed by atoms with Gasteiger partial charge in [-0.2, -0.15) is 0 Å². The first-order valence-corrected chi connectivity index (χ1v) is 14.0. The molecule has 4 nitrogen and oxygen atoms in total. The number of carboxylic acids is 2. The fourth-order valence-electron chi connectivity index (χ4n) is 3.88. The van der Waals surface area contributed by atoms with Crippen LogP contribution < -0.4 is 0 Å². The topological polar surface area (TPSA) is 74.6 Å². The van der Waals surface area contributed by atoms with Crippen molar-refractivity contribution in [2.24, 2.45) is 0 Å². The maximum Gasteiger partial charge on any atom is 0.303 e. The highest BCUT2D eigenvalue weighted by Crippen LogP contribution is 2.13. The second-order valence-corrected chi connectivity index (χ2v) is 9.36. The Hall–Kier alpha value is -1.06. The van der Waals surface area contributed by atoms with Crippen molar-refractivity contribution in [1.82, 2.24) is 0 Å². The first kappa shape index (κ1) is 33.1. The monoisotopic (exact) mass is 456 g/mol. The Morgan fingerprint density at radius 2 is 0.562 bits per heavy atom. The summed E-state index contributed by atoms with van der Waals surface area (Å²) >= 11 is 0. The van der Waals surface area contributed by atoms with Crippen molar-refractivity contribution in [3.05, 3.63) is 0 Å². The van der Waals surface area contributed by atoms with E-state index in [-0.39, 0.29) is 0 Å². The van der Waals surface area contributed by atoms with E-state index in [0.717, 1.165) is 25.7 Å². The number of carbonyl (C=O) groups is 2. The number of hydrogen-bond acceptors (Lipinski definition) is 2. The lowest BCUT2D eigenvalue weighted by Gasteiger charge is -2.02. The molecule has 0 bridgehead atoms. The number of unbranched alkanes of at least 4 members (excludes halogenated alkanes) is 20. The van der Waals surface area contributed by atoms with E-state index in [2.05, 4.69) is 13.8 Å². The van der Waals surface area contributed by atoms with E-state index in [1.807, 2.05) is 0 Å². The van der Waals surface area contributed by atoms with Crippen LogP contribution in [0.4, 0.5) is 0 Å². The van der Waals surface area contributed by atoms with Crippen molar-refractivity contribution < 1.29 is 19.8 Å². The van der Waals surface area contributed by atoms with Crippen LogP contribution in [0, 0.1) is 0 Å². The molecular formula is C28H56O4. The van der Waals surface area contributed by atoms with Crippen LogP contribution in [0.5, 0.6) is 0 Å².